The third kappa shape index (κ3) is 3.25. The molecule has 17 heavy (non-hydrogen) atoms. The fourth-order valence-corrected chi connectivity index (χ4v) is 17.4. The van der Waals surface area contributed by atoms with Crippen molar-refractivity contribution in [3.05, 3.63) is 29.2 Å². The van der Waals surface area contributed by atoms with Crippen LogP contribution in [0.15, 0.2) is 0 Å². The molecule has 0 saturated heterocycles. The van der Waals surface area contributed by atoms with Crippen LogP contribution in [0.4, 0.5) is 0 Å². The highest BCUT2D eigenvalue weighted by Gasteiger charge is 2.51. The summed E-state index contributed by atoms with van der Waals surface area (Å²) in [6.45, 7) is 21.9. The predicted octanol–water partition coefficient (Wildman–Crippen LogP) is 5.08. The van der Waals surface area contributed by atoms with Crippen molar-refractivity contribution in [2.24, 2.45) is 0 Å². The summed E-state index contributed by atoms with van der Waals surface area (Å²) in [5.41, 5.74) is 3.26. The van der Waals surface area contributed by atoms with E-state index >= 15 is 0 Å². The molecule has 0 N–H and O–H groups in total. The van der Waals surface area contributed by atoms with Crippen molar-refractivity contribution in [1.82, 2.24) is 0 Å². The van der Waals surface area contributed by atoms with Crippen LogP contribution >= 0.6 is 0 Å². The first-order valence-corrected chi connectivity index (χ1v) is 13.6. The summed E-state index contributed by atoms with van der Waals surface area (Å²) in [6.07, 6.45) is 0. The number of rotatable bonds is 3. The Kier molecular flexibility index (Phi) is 4.41. The fraction of sp³-hybridized carbons (Fsp3) is 0.667. The largest absolute Gasteiger partial charge is 0.0698 e. The molecule has 0 unspecified atom stereocenters. The first-order chi connectivity index (χ1) is 7.47. The van der Waals surface area contributed by atoms with Gasteiger partial charge in [0.05, 0.1) is 8.07 Å². The lowest BCUT2D eigenvalue weighted by Crippen LogP contribution is -2.45. The van der Waals surface area contributed by atoms with Crippen LogP contribution in [0, 0.1) is 29.2 Å². The molecule has 1 fully saturated rings. The van der Waals surface area contributed by atoms with Crippen molar-refractivity contribution in [3.63, 3.8) is 0 Å². The normalized spacial score (nSPS) is 23.8. The van der Waals surface area contributed by atoms with Crippen molar-refractivity contribution in [3.8, 4) is 0 Å². The molecule has 5 radical (unpaired) electrons. The fourth-order valence-electron chi connectivity index (χ4n) is 3.65. The Balaban J connectivity index is 2.91. The molecule has 2 heteroatoms. The maximum atomic E-state index is 2.57. The lowest BCUT2D eigenvalue weighted by molar-refractivity contribution is 0.973. The molecule has 0 bridgehead atoms. The molecular weight excluding hydrogens is 236 g/mol. The number of hydrogen-bond acceptors (Lipinski definition) is 0. The third-order valence-corrected chi connectivity index (χ3v) is 14.0. The molecule has 0 spiro atoms. The van der Waals surface area contributed by atoms with Gasteiger partial charge in [0.25, 0.3) is 0 Å². The minimum atomic E-state index is -1.25. The summed E-state index contributed by atoms with van der Waals surface area (Å²) in [4.78, 5) is 0. The van der Waals surface area contributed by atoms with E-state index in [4.69, 9.17) is 0 Å². The van der Waals surface area contributed by atoms with Gasteiger partial charge in [0.15, 0.2) is 0 Å². The molecular formula is C15H29Si2. The Morgan fingerprint density at radius 1 is 0.647 bits per heavy atom. The van der Waals surface area contributed by atoms with E-state index in [1.165, 1.54) is 17.5 Å². The van der Waals surface area contributed by atoms with Crippen LogP contribution in [-0.4, -0.2) is 16.1 Å². The molecule has 0 aliphatic heterocycles. The van der Waals surface area contributed by atoms with E-state index in [0.29, 0.717) is 0 Å². The molecule has 0 aromatic rings. The highest BCUT2D eigenvalue weighted by atomic mass is 28.4. The summed E-state index contributed by atoms with van der Waals surface area (Å²) in [6, 6.07) is 0. The minimum Gasteiger partial charge on any atom is -0.0698 e. The van der Waals surface area contributed by atoms with E-state index in [1.807, 2.05) is 0 Å². The van der Waals surface area contributed by atoms with E-state index in [9.17, 15) is 0 Å². The van der Waals surface area contributed by atoms with E-state index in [-0.39, 0.29) is 0 Å². The van der Waals surface area contributed by atoms with Gasteiger partial charge in [0.2, 0.25) is 0 Å². The van der Waals surface area contributed by atoms with E-state index in [2.05, 4.69) is 60.4 Å². The zero-order valence-corrected chi connectivity index (χ0v) is 15.2. The molecule has 1 saturated carbocycles. The van der Waals surface area contributed by atoms with Gasteiger partial charge in [-0.25, -0.2) is 0 Å². The first kappa shape index (κ1) is 15.5. The van der Waals surface area contributed by atoms with Gasteiger partial charge in [-0.2, -0.15) is 0 Å². The summed E-state index contributed by atoms with van der Waals surface area (Å²) in [7, 11) is -2.22. The van der Waals surface area contributed by atoms with Crippen molar-refractivity contribution in [1.29, 1.82) is 0 Å². The van der Waals surface area contributed by atoms with E-state index < -0.39 is 16.1 Å². The average Bonchev–Trinajstić information content (AvgIpc) is 2.27. The number of hydrogen-bond donors (Lipinski definition) is 0. The zero-order chi connectivity index (χ0) is 13.6. The van der Waals surface area contributed by atoms with Gasteiger partial charge < -0.3 is 0 Å². The van der Waals surface area contributed by atoms with Gasteiger partial charge in [-0.05, 0) is 29.2 Å². The van der Waals surface area contributed by atoms with Gasteiger partial charge in [-0.3, -0.25) is 0 Å². The molecule has 0 aromatic heterocycles. The van der Waals surface area contributed by atoms with Gasteiger partial charge in [0, 0.05) is 8.07 Å². The second-order valence-electron chi connectivity index (χ2n) is 7.50. The lowest BCUT2D eigenvalue weighted by atomic mass is 9.92. The van der Waals surface area contributed by atoms with Crippen LogP contribution < -0.4 is 0 Å². The van der Waals surface area contributed by atoms with Crippen LogP contribution in [-0.2, 0) is 0 Å². The maximum Gasteiger partial charge on any atom is 0.0529 e. The Morgan fingerprint density at radius 3 is 1.29 bits per heavy atom. The molecule has 0 nitrogen and oxygen atoms in total. The van der Waals surface area contributed by atoms with E-state index in [1.54, 1.807) is 17.4 Å². The Bertz CT molecular complexity index is 251. The first-order valence-electron chi connectivity index (χ1n) is 6.71. The average molecular weight is 266 g/mol. The van der Waals surface area contributed by atoms with Gasteiger partial charge in [-0.15, -0.1) is 0 Å². The highest BCUT2D eigenvalue weighted by molar-refractivity contribution is 6.98. The van der Waals surface area contributed by atoms with E-state index in [0.717, 1.165) is 0 Å². The van der Waals surface area contributed by atoms with Crippen molar-refractivity contribution in [2.75, 3.05) is 0 Å². The maximum absolute atomic E-state index is 2.57. The van der Waals surface area contributed by atoms with Crippen molar-refractivity contribution in [2.45, 2.75) is 66.1 Å². The minimum absolute atomic E-state index is 0.968. The van der Waals surface area contributed by atoms with Crippen molar-refractivity contribution >= 4 is 16.1 Å². The monoisotopic (exact) mass is 265 g/mol. The molecule has 0 aromatic carbocycles. The molecule has 0 heterocycles. The lowest BCUT2D eigenvalue weighted by Gasteiger charge is -2.39. The molecule has 0 atom stereocenters. The Morgan fingerprint density at radius 2 is 1.00 bits per heavy atom. The molecule has 1 rings (SSSR count). The summed E-state index contributed by atoms with van der Waals surface area (Å²) in [5, 5.41) is 0. The Hall–Kier alpha value is 0.434. The molecule has 1 aliphatic rings. The topological polar surface area (TPSA) is 0 Å². The Labute approximate surface area is 112 Å². The quantitative estimate of drug-likeness (QED) is 0.625. The second kappa shape index (κ2) is 4.84. The second-order valence-corrected chi connectivity index (χ2v) is 18.3. The van der Waals surface area contributed by atoms with Crippen molar-refractivity contribution < 1.29 is 0 Å². The van der Waals surface area contributed by atoms with Gasteiger partial charge >= 0.3 is 0 Å². The third-order valence-electron chi connectivity index (χ3n) is 4.09. The van der Waals surface area contributed by atoms with Crippen LogP contribution in [0.5, 0.6) is 0 Å². The van der Waals surface area contributed by atoms with Crippen LogP contribution in [0.3, 0.4) is 0 Å². The molecule has 0 amide bonds. The smallest absolute Gasteiger partial charge is 0.0529 e. The SMILES string of the molecule is C[C]1[C](C)[C](C)[C]([Si](C)(C)C[Si](C)(C)C)[C]1C. The highest BCUT2D eigenvalue weighted by Crippen LogP contribution is 2.56. The molecule has 97 valence electrons. The van der Waals surface area contributed by atoms with Gasteiger partial charge in [-0.1, -0.05) is 66.1 Å². The predicted molar refractivity (Wildman–Crippen MR) is 84.5 cm³/mol. The van der Waals surface area contributed by atoms with Crippen LogP contribution in [0.25, 0.3) is 0 Å². The van der Waals surface area contributed by atoms with Gasteiger partial charge in [0.1, 0.15) is 0 Å². The summed E-state index contributed by atoms with van der Waals surface area (Å²) in [5.74, 6) is 6.26. The van der Waals surface area contributed by atoms with Crippen LogP contribution in [0.2, 0.25) is 38.4 Å². The zero-order valence-electron chi connectivity index (χ0n) is 13.2. The standard InChI is InChI=1S/C15H29Si2/c1-11-12(2)14(4)15(13(11)3)17(8,9)10-16(5,6)7/h10H2,1-9H3. The molecule has 1 aliphatic carbocycles. The summed E-state index contributed by atoms with van der Waals surface area (Å²) >= 11 is 0. The summed E-state index contributed by atoms with van der Waals surface area (Å²) < 4.78 is 0. The van der Waals surface area contributed by atoms with Crippen LogP contribution in [0.1, 0.15) is 27.7 Å².